The summed E-state index contributed by atoms with van der Waals surface area (Å²) in [5, 5.41) is 9.08. The van der Waals surface area contributed by atoms with Gasteiger partial charge in [0, 0.05) is 25.7 Å². The smallest absolute Gasteiger partial charge is 0.236 e. The van der Waals surface area contributed by atoms with E-state index >= 15 is 0 Å². The molecule has 5 heteroatoms. The molecule has 2 rings (SSSR count). The first-order valence-electron chi connectivity index (χ1n) is 7.01. The van der Waals surface area contributed by atoms with Crippen LogP contribution < -0.4 is 0 Å². The molecule has 18 heavy (non-hydrogen) atoms. The summed E-state index contributed by atoms with van der Waals surface area (Å²) in [6, 6.07) is 0.383. The first-order valence-corrected chi connectivity index (χ1v) is 7.01. The van der Waals surface area contributed by atoms with Crippen molar-refractivity contribution in [3.63, 3.8) is 0 Å². The van der Waals surface area contributed by atoms with Gasteiger partial charge < -0.3 is 14.7 Å². The van der Waals surface area contributed by atoms with E-state index in [4.69, 9.17) is 9.84 Å². The molecule has 1 amide bonds. The molecule has 2 aliphatic heterocycles. The summed E-state index contributed by atoms with van der Waals surface area (Å²) in [7, 11) is 0. The molecule has 0 saturated carbocycles. The average Bonchev–Trinajstić information content (AvgIpc) is 2.42. The molecule has 1 atom stereocenters. The van der Waals surface area contributed by atoms with Crippen molar-refractivity contribution in [1.29, 1.82) is 0 Å². The maximum Gasteiger partial charge on any atom is 0.236 e. The minimum absolute atomic E-state index is 0.211. The predicted octanol–water partition coefficient (Wildman–Crippen LogP) is 0.0821. The third-order valence-electron chi connectivity index (χ3n) is 3.91. The molecule has 0 radical (unpaired) electrons. The Morgan fingerprint density at radius 1 is 1.22 bits per heavy atom. The standard InChI is InChI=1S/C13H24N2O3/c16-8-4-12-3-1-2-5-15(12)11-13(17)14-6-9-18-10-7-14/h12,16H,1-11H2. The first kappa shape index (κ1) is 13.8. The van der Waals surface area contributed by atoms with Gasteiger partial charge in [-0.15, -0.1) is 0 Å². The number of ether oxygens (including phenoxy) is 1. The number of aliphatic hydroxyl groups is 1. The average molecular weight is 256 g/mol. The number of carbonyl (C=O) groups is 1. The van der Waals surface area contributed by atoms with E-state index in [1.165, 1.54) is 6.42 Å². The van der Waals surface area contributed by atoms with Crippen LogP contribution in [0.2, 0.25) is 0 Å². The second-order valence-corrected chi connectivity index (χ2v) is 5.13. The second kappa shape index (κ2) is 7.07. The Kier molecular flexibility index (Phi) is 5.41. The molecule has 0 aromatic heterocycles. The Morgan fingerprint density at radius 2 is 2.00 bits per heavy atom. The zero-order chi connectivity index (χ0) is 12.8. The van der Waals surface area contributed by atoms with Gasteiger partial charge in [0.1, 0.15) is 0 Å². The van der Waals surface area contributed by atoms with Gasteiger partial charge in [-0.05, 0) is 25.8 Å². The zero-order valence-corrected chi connectivity index (χ0v) is 11.0. The number of amides is 1. The van der Waals surface area contributed by atoms with E-state index in [9.17, 15) is 4.79 Å². The first-order chi connectivity index (χ1) is 8.81. The molecule has 0 spiro atoms. The summed E-state index contributed by atoms with van der Waals surface area (Å²) in [6.45, 7) is 4.46. The SMILES string of the molecule is O=C(CN1CCCCC1CCO)N1CCOCC1. The quantitative estimate of drug-likeness (QED) is 0.774. The number of piperidine rings is 1. The van der Waals surface area contributed by atoms with E-state index in [0.29, 0.717) is 25.8 Å². The van der Waals surface area contributed by atoms with Crippen molar-refractivity contribution < 1.29 is 14.6 Å². The summed E-state index contributed by atoms with van der Waals surface area (Å²) >= 11 is 0. The molecule has 2 heterocycles. The minimum atomic E-state index is 0.211. The lowest BCUT2D eigenvalue weighted by molar-refractivity contribution is -0.137. The van der Waals surface area contributed by atoms with Gasteiger partial charge in [-0.1, -0.05) is 6.42 Å². The topological polar surface area (TPSA) is 53.0 Å². The summed E-state index contributed by atoms with van der Waals surface area (Å²) in [5.74, 6) is 0.211. The largest absolute Gasteiger partial charge is 0.396 e. The molecular weight excluding hydrogens is 232 g/mol. The molecule has 2 aliphatic rings. The van der Waals surface area contributed by atoms with Gasteiger partial charge in [0.25, 0.3) is 0 Å². The number of rotatable bonds is 4. The number of likely N-dealkylation sites (tertiary alicyclic amines) is 1. The monoisotopic (exact) mass is 256 g/mol. The molecule has 1 N–H and O–H groups in total. The Bertz CT molecular complexity index is 265. The number of nitrogens with zero attached hydrogens (tertiary/aromatic N) is 2. The molecule has 0 aromatic carbocycles. The van der Waals surface area contributed by atoms with Gasteiger partial charge in [-0.25, -0.2) is 0 Å². The van der Waals surface area contributed by atoms with Crippen molar-refractivity contribution >= 4 is 5.91 Å². The highest BCUT2D eigenvalue weighted by atomic mass is 16.5. The molecule has 0 bridgehead atoms. The number of morpholine rings is 1. The van der Waals surface area contributed by atoms with Crippen LogP contribution in [0.3, 0.4) is 0 Å². The maximum atomic E-state index is 12.2. The number of carbonyl (C=O) groups excluding carboxylic acids is 1. The summed E-state index contributed by atoms with van der Waals surface area (Å²) in [6.07, 6.45) is 4.28. The van der Waals surface area contributed by atoms with Gasteiger partial charge in [0.05, 0.1) is 19.8 Å². The Hall–Kier alpha value is -0.650. The summed E-state index contributed by atoms with van der Waals surface area (Å²) in [5.41, 5.74) is 0. The minimum Gasteiger partial charge on any atom is -0.396 e. The molecule has 5 nitrogen and oxygen atoms in total. The fourth-order valence-corrected chi connectivity index (χ4v) is 2.83. The molecule has 1 unspecified atom stereocenters. The number of aliphatic hydroxyl groups excluding tert-OH is 1. The molecule has 2 fully saturated rings. The molecule has 0 aliphatic carbocycles. The van der Waals surface area contributed by atoms with Gasteiger partial charge in [-0.3, -0.25) is 9.69 Å². The lowest BCUT2D eigenvalue weighted by atomic mass is 9.99. The van der Waals surface area contributed by atoms with Gasteiger partial charge in [-0.2, -0.15) is 0 Å². The summed E-state index contributed by atoms with van der Waals surface area (Å²) in [4.78, 5) is 16.3. The van der Waals surface area contributed by atoms with Crippen molar-refractivity contribution in [2.75, 3.05) is 46.0 Å². The van der Waals surface area contributed by atoms with Crippen molar-refractivity contribution in [1.82, 2.24) is 9.80 Å². The van der Waals surface area contributed by atoms with Crippen LogP contribution in [0.1, 0.15) is 25.7 Å². The van der Waals surface area contributed by atoms with Crippen LogP contribution in [0.4, 0.5) is 0 Å². The highest BCUT2D eigenvalue weighted by Gasteiger charge is 2.26. The van der Waals surface area contributed by atoms with Gasteiger partial charge in [0.2, 0.25) is 5.91 Å². The van der Waals surface area contributed by atoms with Crippen LogP contribution in [-0.4, -0.2) is 72.9 Å². The van der Waals surface area contributed by atoms with Crippen molar-refractivity contribution in [2.45, 2.75) is 31.7 Å². The van der Waals surface area contributed by atoms with Gasteiger partial charge in [0.15, 0.2) is 0 Å². The second-order valence-electron chi connectivity index (χ2n) is 5.13. The lowest BCUT2D eigenvalue weighted by Crippen LogP contribution is -2.49. The summed E-state index contributed by atoms with van der Waals surface area (Å²) < 4.78 is 5.26. The maximum absolute atomic E-state index is 12.2. The van der Waals surface area contributed by atoms with Crippen molar-refractivity contribution in [3.8, 4) is 0 Å². The Morgan fingerprint density at radius 3 is 2.72 bits per heavy atom. The fraction of sp³-hybridized carbons (Fsp3) is 0.923. The van der Waals surface area contributed by atoms with Crippen LogP contribution >= 0.6 is 0 Å². The van der Waals surface area contributed by atoms with E-state index in [2.05, 4.69) is 4.90 Å². The Labute approximate surface area is 109 Å². The van der Waals surface area contributed by atoms with Crippen LogP contribution in [0.15, 0.2) is 0 Å². The predicted molar refractivity (Wildman–Crippen MR) is 68.3 cm³/mol. The van der Waals surface area contributed by atoms with E-state index in [-0.39, 0.29) is 12.5 Å². The number of hydrogen-bond acceptors (Lipinski definition) is 4. The highest BCUT2D eigenvalue weighted by Crippen LogP contribution is 2.19. The van der Waals surface area contributed by atoms with Crippen LogP contribution in [0.5, 0.6) is 0 Å². The van der Waals surface area contributed by atoms with Crippen LogP contribution in [0, 0.1) is 0 Å². The van der Waals surface area contributed by atoms with E-state index < -0.39 is 0 Å². The van der Waals surface area contributed by atoms with Crippen molar-refractivity contribution in [2.24, 2.45) is 0 Å². The Balaban J connectivity index is 1.83. The van der Waals surface area contributed by atoms with E-state index in [0.717, 1.165) is 38.9 Å². The molecule has 2 saturated heterocycles. The normalized spacial score (nSPS) is 26.3. The number of hydrogen-bond donors (Lipinski definition) is 1. The lowest BCUT2D eigenvalue weighted by Gasteiger charge is -2.37. The van der Waals surface area contributed by atoms with Crippen LogP contribution in [0.25, 0.3) is 0 Å². The third kappa shape index (κ3) is 3.67. The van der Waals surface area contributed by atoms with E-state index in [1.807, 2.05) is 4.90 Å². The van der Waals surface area contributed by atoms with Gasteiger partial charge >= 0.3 is 0 Å². The fourth-order valence-electron chi connectivity index (χ4n) is 2.83. The molecular formula is C13H24N2O3. The third-order valence-corrected chi connectivity index (χ3v) is 3.91. The molecule has 104 valence electrons. The van der Waals surface area contributed by atoms with Crippen molar-refractivity contribution in [3.05, 3.63) is 0 Å². The molecule has 0 aromatic rings. The zero-order valence-electron chi connectivity index (χ0n) is 11.0. The highest BCUT2D eigenvalue weighted by molar-refractivity contribution is 5.78. The van der Waals surface area contributed by atoms with E-state index in [1.54, 1.807) is 0 Å². The van der Waals surface area contributed by atoms with Crippen LogP contribution in [-0.2, 0) is 9.53 Å².